The Morgan fingerprint density at radius 1 is 0.781 bits per heavy atom. The van der Waals surface area contributed by atoms with E-state index in [-0.39, 0.29) is 22.4 Å². The average molecular weight is 410 g/mol. The summed E-state index contributed by atoms with van der Waals surface area (Å²) in [7, 11) is 0. The Bertz CT molecular complexity index is 1900. The molecule has 0 aliphatic rings. The molecule has 0 fully saturated rings. The van der Waals surface area contributed by atoms with Crippen LogP contribution in [0.15, 0.2) is 45.2 Å². The lowest BCUT2D eigenvalue weighted by Crippen LogP contribution is -2.03. The summed E-state index contributed by atoms with van der Waals surface area (Å²) in [6, 6.07) is 16.8. The summed E-state index contributed by atoms with van der Waals surface area (Å²) in [6.45, 7) is 7.16. The van der Waals surface area contributed by atoms with E-state index in [2.05, 4.69) is 14.8 Å². The van der Waals surface area contributed by atoms with Crippen LogP contribution in [0.1, 0.15) is 0 Å². The first-order valence-corrected chi connectivity index (χ1v) is 9.31. The molecule has 0 aliphatic heterocycles. The summed E-state index contributed by atoms with van der Waals surface area (Å²) in [5.74, 6) is 0. The van der Waals surface area contributed by atoms with Crippen molar-refractivity contribution in [2.24, 2.45) is 0 Å². The first kappa shape index (κ1) is 17.4. The lowest BCUT2D eigenvalue weighted by molar-refractivity contribution is 0.561. The van der Waals surface area contributed by atoms with Crippen LogP contribution in [0.3, 0.4) is 0 Å². The molecule has 6 aromatic rings. The van der Waals surface area contributed by atoms with E-state index in [0.717, 1.165) is 32.3 Å². The van der Waals surface area contributed by atoms with Crippen LogP contribution in [-0.2, 0) is 0 Å². The van der Waals surface area contributed by atoms with Gasteiger partial charge in [0.2, 0.25) is 11.1 Å². The van der Waals surface area contributed by atoms with Crippen molar-refractivity contribution in [2.45, 2.75) is 0 Å². The standard InChI is InChI=1S/C24H6N6O2/c1-28-18(10-27)24-30-17-7-12-2-4-14-19-11(3-5-15(20(12)19)22(17)32-24)6-16-21(14)31-23(29-16)13(8-25)9-26/h2-7H/b24-18+. The molecule has 6 rings (SSSR count). The van der Waals surface area contributed by atoms with E-state index >= 15 is 0 Å². The van der Waals surface area contributed by atoms with Gasteiger partial charge in [0.05, 0.1) is 12.6 Å². The van der Waals surface area contributed by atoms with Gasteiger partial charge in [-0.2, -0.15) is 10.5 Å². The summed E-state index contributed by atoms with van der Waals surface area (Å²) in [5.41, 5.74) is 1.65. The Hall–Kier alpha value is -5.44. The van der Waals surface area contributed by atoms with Crippen LogP contribution in [0.2, 0.25) is 0 Å². The van der Waals surface area contributed by atoms with Crippen molar-refractivity contribution in [3.8, 4) is 18.2 Å². The molecule has 0 saturated heterocycles. The van der Waals surface area contributed by atoms with Crippen LogP contribution in [0, 0.1) is 40.6 Å². The molecule has 0 spiro atoms. The van der Waals surface area contributed by atoms with Gasteiger partial charge in [0.25, 0.3) is 0 Å². The van der Waals surface area contributed by atoms with Gasteiger partial charge >= 0.3 is 5.70 Å². The van der Waals surface area contributed by atoms with Gasteiger partial charge in [-0.05, 0) is 35.0 Å². The molecular weight excluding hydrogens is 404 g/mol. The molecule has 0 bridgehead atoms. The Morgan fingerprint density at radius 3 is 1.81 bits per heavy atom. The van der Waals surface area contributed by atoms with Crippen molar-refractivity contribution < 1.29 is 8.83 Å². The van der Waals surface area contributed by atoms with Gasteiger partial charge in [0.15, 0.2) is 16.7 Å². The first-order valence-electron chi connectivity index (χ1n) is 9.31. The SMILES string of the molecule is [C-]#[N+]/C(C#N)=c1\nc2cc3ccc4c5oc(=C(C#N)C#N)nc5cc5ccc(c2o1)c3c54. The van der Waals surface area contributed by atoms with Gasteiger partial charge in [0.1, 0.15) is 23.2 Å². The summed E-state index contributed by atoms with van der Waals surface area (Å²) in [6.07, 6.45) is 0. The van der Waals surface area contributed by atoms with Gasteiger partial charge in [-0.3, -0.25) is 0 Å². The van der Waals surface area contributed by atoms with Crippen LogP contribution >= 0.6 is 0 Å². The smallest absolute Gasteiger partial charge is 0.322 e. The molecule has 144 valence electrons. The van der Waals surface area contributed by atoms with Gasteiger partial charge in [-0.1, -0.05) is 12.1 Å². The number of oxazole rings is 2. The zero-order valence-corrected chi connectivity index (χ0v) is 16.0. The summed E-state index contributed by atoms with van der Waals surface area (Å²) >= 11 is 0. The number of nitrogens with zero attached hydrogens (tertiary/aromatic N) is 6. The Kier molecular flexibility index (Phi) is 3.28. The monoisotopic (exact) mass is 410 g/mol. The molecular formula is C24H6N6O2. The average Bonchev–Trinajstić information content (AvgIpc) is 3.42. The van der Waals surface area contributed by atoms with E-state index in [1.165, 1.54) is 0 Å². The fourth-order valence-corrected chi connectivity index (χ4v) is 4.16. The van der Waals surface area contributed by atoms with E-state index in [9.17, 15) is 5.26 Å². The van der Waals surface area contributed by atoms with Gasteiger partial charge < -0.3 is 8.83 Å². The lowest BCUT2D eigenvalue weighted by Gasteiger charge is -2.10. The molecule has 0 atom stereocenters. The van der Waals surface area contributed by atoms with Crippen LogP contribution in [0.5, 0.6) is 0 Å². The first-order chi connectivity index (χ1) is 15.7. The predicted molar refractivity (Wildman–Crippen MR) is 115 cm³/mol. The van der Waals surface area contributed by atoms with Crippen LogP contribution in [-0.4, -0.2) is 9.97 Å². The number of hydrogen-bond donors (Lipinski definition) is 0. The molecule has 0 aliphatic carbocycles. The molecule has 8 heteroatoms. The van der Waals surface area contributed by atoms with E-state index in [1.54, 1.807) is 12.1 Å². The molecule has 2 heterocycles. The minimum atomic E-state index is -0.208. The third-order valence-electron chi connectivity index (χ3n) is 5.46. The maximum absolute atomic E-state index is 9.18. The number of benzene rings is 4. The third-order valence-corrected chi connectivity index (χ3v) is 5.46. The summed E-state index contributed by atoms with van der Waals surface area (Å²) in [4.78, 5) is 11.9. The molecule has 0 radical (unpaired) electrons. The molecule has 2 aromatic heterocycles. The number of rotatable bonds is 0. The van der Waals surface area contributed by atoms with E-state index in [4.69, 9.17) is 25.9 Å². The van der Waals surface area contributed by atoms with Gasteiger partial charge in [0, 0.05) is 21.5 Å². The lowest BCUT2D eigenvalue weighted by atomic mass is 9.93. The van der Waals surface area contributed by atoms with Crippen LogP contribution < -0.4 is 11.1 Å². The van der Waals surface area contributed by atoms with Gasteiger partial charge in [-0.15, -0.1) is 0 Å². The van der Waals surface area contributed by atoms with E-state index < -0.39 is 0 Å². The quantitative estimate of drug-likeness (QED) is 0.276. The largest absolute Gasteiger partial charge is 0.445 e. The maximum Gasteiger partial charge on any atom is 0.322 e. The van der Waals surface area contributed by atoms with Gasteiger partial charge in [-0.25, -0.2) is 20.1 Å². The third kappa shape index (κ3) is 2.10. The second kappa shape index (κ2) is 6.03. The zero-order chi connectivity index (χ0) is 22.0. The molecule has 8 nitrogen and oxygen atoms in total. The summed E-state index contributed by atoms with van der Waals surface area (Å²) < 4.78 is 11.6. The normalized spacial score (nSPS) is 12.1. The second-order valence-electron chi connectivity index (χ2n) is 7.08. The molecule has 0 N–H and O–H groups in total. The second-order valence-corrected chi connectivity index (χ2v) is 7.08. The van der Waals surface area contributed by atoms with Crippen molar-refractivity contribution in [3.63, 3.8) is 0 Å². The number of hydrogen-bond acceptors (Lipinski definition) is 7. The van der Waals surface area contributed by atoms with Crippen molar-refractivity contribution in [1.82, 2.24) is 9.97 Å². The zero-order valence-electron chi connectivity index (χ0n) is 16.0. The minimum absolute atomic E-state index is 0.00843. The predicted octanol–water partition coefficient (Wildman–Crippen LogP) is 3.62. The van der Waals surface area contributed by atoms with Crippen LogP contribution in [0.4, 0.5) is 0 Å². The highest BCUT2D eigenvalue weighted by Crippen LogP contribution is 2.40. The van der Waals surface area contributed by atoms with Crippen molar-refractivity contribution >= 4 is 65.8 Å². The molecule has 0 amide bonds. The topological polar surface area (TPSA) is 128 Å². The maximum atomic E-state index is 9.18. The number of fused-ring (bicyclic) bond motifs is 4. The van der Waals surface area contributed by atoms with Crippen molar-refractivity contribution in [1.29, 1.82) is 15.8 Å². The minimum Gasteiger partial charge on any atom is -0.445 e. The van der Waals surface area contributed by atoms with E-state index in [1.807, 2.05) is 42.5 Å². The fourth-order valence-electron chi connectivity index (χ4n) is 4.16. The van der Waals surface area contributed by atoms with Crippen molar-refractivity contribution in [2.75, 3.05) is 0 Å². The molecule has 4 aromatic carbocycles. The summed E-state index contributed by atoms with van der Waals surface area (Å²) in [5, 5.41) is 32.7. The highest BCUT2D eigenvalue weighted by atomic mass is 16.3. The molecule has 0 saturated carbocycles. The van der Waals surface area contributed by atoms with Crippen LogP contribution in [0.25, 0.3) is 70.6 Å². The Morgan fingerprint density at radius 2 is 1.31 bits per heavy atom. The number of aromatic nitrogens is 2. The fraction of sp³-hybridized carbons (Fsp3) is 0. The molecule has 32 heavy (non-hydrogen) atoms. The Labute approximate surface area is 177 Å². The van der Waals surface area contributed by atoms with Crippen molar-refractivity contribution in [3.05, 3.63) is 58.9 Å². The number of nitriles is 3. The van der Waals surface area contributed by atoms with E-state index in [0.29, 0.717) is 22.2 Å². The highest BCUT2D eigenvalue weighted by Gasteiger charge is 2.18. The Balaban J connectivity index is 1.84. The highest BCUT2D eigenvalue weighted by molar-refractivity contribution is 6.31. The molecule has 0 unspecified atom stereocenters.